The Morgan fingerprint density at radius 2 is 2.29 bits per heavy atom. The average molecular weight is 195 g/mol. The molecular formula is C10H10FNO2. The van der Waals surface area contributed by atoms with Gasteiger partial charge in [-0.2, -0.15) is 0 Å². The van der Waals surface area contributed by atoms with Gasteiger partial charge < -0.3 is 4.79 Å². The Morgan fingerprint density at radius 1 is 1.57 bits per heavy atom. The van der Waals surface area contributed by atoms with Gasteiger partial charge in [-0.05, 0) is 29.3 Å². The SMILES string of the molecule is CCC(C=O)c1ccc(N=O)c(F)c1. The summed E-state index contributed by atoms with van der Waals surface area (Å²) in [5.41, 5.74) is 0.349. The molecule has 0 bridgehead atoms. The molecule has 1 atom stereocenters. The summed E-state index contributed by atoms with van der Waals surface area (Å²) in [7, 11) is 0. The molecule has 0 saturated heterocycles. The predicted octanol–water partition coefficient (Wildman–Crippen LogP) is 2.92. The second kappa shape index (κ2) is 4.60. The van der Waals surface area contributed by atoms with Crippen LogP contribution in [0.25, 0.3) is 0 Å². The van der Waals surface area contributed by atoms with Crippen LogP contribution in [0.3, 0.4) is 0 Å². The Labute approximate surface area is 80.9 Å². The molecule has 4 heteroatoms. The number of rotatable bonds is 4. The molecule has 1 rings (SSSR count). The molecule has 0 spiro atoms. The van der Waals surface area contributed by atoms with Crippen LogP contribution >= 0.6 is 0 Å². The molecule has 0 amide bonds. The van der Waals surface area contributed by atoms with Crippen molar-refractivity contribution in [1.29, 1.82) is 0 Å². The molecule has 0 aromatic heterocycles. The van der Waals surface area contributed by atoms with Gasteiger partial charge in [0, 0.05) is 5.92 Å². The summed E-state index contributed by atoms with van der Waals surface area (Å²) in [4.78, 5) is 20.7. The van der Waals surface area contributed by atoms with Crippen LogP contribution in [0.1, 0.15) is 24.8 Å². The minimum Gasteiger partial charge on any atom is -0.303 e. The zero-order valence-electron chi connectivity index (χ0n) is 7.74. The normalized spacial score (nSPS) is 12.1. The van der Waals surface area contributed by atoms with E-state index in [1.165, 1.54) is 12.1 Å². The lowest BCUT2D eigenvalue weighted by Crippen LogP contribution is -1.98. The summed E-state index contributed by atoms with van der Waals surface area (Å²) in [6, 6.07) is 4.01. The Hall–Kier alpha value is -1.58. The largest absolute Gasteiger partial charge is 0.303 e. The molecule has 1 aromatic carbocycles. The highest BCUT2D eigenvalue weighted by Crippen LogP contribution is 2.23. The van der Waals surface area contributed by atoms with E-state index in [4.69, 9.17) is 0 Å². The number of nitroso groups, excluding NO2 is 1. The number of hydrogen-bond acceptors (Lipinski definition) is 3. The fraction of sp³-hybridized carbons (Fsp3) is 0.300. The quantitative estimate of drug-likeness (QED) is 0.547. The Balaban J connectivity index is 3.06. The molecule has 0 radical (unpaired) electrons. The van der Waals surface area contributed by atoms with E-state index < -0.39 is 5.82 Å². The number of nitrogens with zero attached hydrogens (tertiary/aromatic N) is 1. The molecule has 0 heterocycles. The maximum absolute atomic E-state index is 13.1. The van der Waals surface area contributed by atoms with Gasteiger partial charge >= 0.3 is 0 Å². The fourth-order valence-corrected chi connectivity index (χ4v) is 1.24. The third-order valence-corrected chi connectivity index (χ3v) is 2.10. The van der Waals surface area contributed by atoms with E-state index in [1.807, 2.05) is 6.92 Å². The van der Waals surface area contributed by atoms with Gasteiger partial charge in [0.1, 0.15) is 12.0 Å². The number of carbonyl (C=O) groups excluding carboxylic acids is 1. The van der Waals surface area contributed by atoms with Gasteiger partial charge in [0.05, 0.1) is 0 Å². The van der Waals surface area contributed by atoms with Crippen LogP contribution in [-0.2, 0) is 4.79 Å². The van der Waals surface area contributed by atoms with Crippen molar-refractivity contribution < 1.29 is 9.18 Å². The Morgan fingerprint density at radius 3 is 2.71 bits per heavy atom. The summed E-state index contributed by atoms with van der Waals surface area (Å²) >= 11 is 0. The second-order valence-corrected chi connectivity index (χ2v) is 2.95. The monoisotopic (exact) mass is 195 g/mol. The smallest absolute Gasteiger partial charge is 0.152 e. The number of halogens is 1. The lowest BCUT2D eigenvalue weighted by molar-refractivity contribution is -0.109. The Bertz CT molecular complexity index is 352. The zero-order chi connectivity index (χ0) is 10.6. The average Bonchev–Trinajstić information content (AvgIpc) is 2.20. The minimum absolute atomic E-state index is 0.227. The van der Waals surface area contributed by atoms with Crippen molar-refractivity contribution in [3.8, 4) is 0 Å². The zero-order valence-corrected chi connectivity index (χ0v) is 7.74. The summed E-state index contributed by atoms with van der Waals surface area (Å²) in [6.45, 7) is 1.84. The molecule has 0 aliphatic heterocycles. The molecule has 0 N–H and O–H groups in total. The number of hydrogen-bond donors (Lipinski definition) is 0. The van der Waals surface area contributed by atoms with E-state index in [-0.39, 0.29) is 11.6 Å². The standard InChI is InChI=1S/C10H10FNO2/c1-2-7(6-13)8-3-4-10(12-14)9(11)5-8/h3-7H,2H2,1H3. The number of aldehydes is 1. The summed E-state index contributed by atoms with van der Waals surface area (Å²) in [5, 5.41) is 2.51. The van der Waals surface area contributed by atoms with E-state index in [2.05, 4.69) is 5.18 Å². The van der Waals surface area contributed by atoms with Gasteiger partial charge in [0.25, 0.3) is 0 Å². The third kappa shape index (κ3) is 2.02. The fourth-order valence-electron chi connectivity index (χ4n) is 1.24. The highest BCUT2D eigenvalue weighted by Gasteiger charge is 2.10. The lowest BCUT2D eigenvalue weighted by Gasteiger charge is -2.07. The topological polar surface area (TPSA) is 46.5 Å². The van der Waals surface area contributed by atoms with Crippen molar-refractivity contribution >= 4 is 12.0 Å². The molecule has 1 aromatic rings. The van der Waals surface area contributed by atoms with Crippen LogP contribution in [-0.4, -0.2) is 6.29 Å². The highest BCUT2D eigenvalue weighted by molar-refractivity contribution is 5.62. The third-order valence-electron chi connectivity index (χ3n) is 2.10. The summed E-state index contributed by atoms with van der Waals surface area (Å²) in [6.07, 6.45) is 1.37. The van der Waals surface area contributed by atoms with Gasteiger partial charge in [0.2, 0.25) is 0 Å². The summed E-state index contributed by atoms with van der Waals surface area (Å²) < 4.78 is 13.1. The van der Waals surface area contributed by atoms with Crippen LogP contribution in [0.5, 0.6) is 0 Å². The Kier molecular flexibility index (Phi) is 3.45. The van der Waals surface area contributed by atoms with Crippen molar-refractivity contribution in [2.24, 2.45) is 5.18 Å². The second-order valence-electron chi connectivity index (χ2n) is 2.95. The molecule has 0 aliphatic carbocycles. The molecule has 74 valence electrons. The van der Waals surface area contributed by atoms with Gasteiger partial charge in [-0.3, -0.25) is 0 Å². The van der Waals surface area contributed by atoms with E-state index >= 15 is 0 Å². The maximum Gasteiger partial charge on any atom is 0.152 e. The lowest BCUT2D eigenvalue weighted by atomic mass is 9.98. The van der Waals surface area contributed by atoms with E-state index in [1.54, 1.807) is 6.07 Å². The number of carbonyl (C=O) groups is 1. The van der Waals surface area contributed by atoms with Crippen LogP contribution < -0.4 is 0 Å². The van der Waals surface area contributed by atoms with E-state index in [0.29, 0.717) is 12.0 Å². The maximum atomic E-state index is 13.1. The first kappa shape index (κ1) is 10.5. The molecule has 0 aliphatic rings. The van der Waals surface area contributed by atoms with E-state index in [0.717, 1.165) is 6.29 Å². The van der Waals surface area contributed by atoms with Crippen LogP contribution in [0, 0.1) is 10.7 Å². The first-order chi connectivity index (χ1) is 6.72. The van der Waals surface area contributed by atoms with Crippen LogP contribution in [0.4, 0.5) is 10.1 Å². The van der Waals surface area contributed by atoms with Crippen LogP contribution in [0.15, 0.2) is 23.4 Å². The highest BCUT2D eigenvalue weighted by atomic mass is 19.1. The molecule has 14 heavy (non-hydrogen) atoms. The van der Waals surface area contributed by atoms with E-state index in [9.17, 15) is 14.1 Å². The van der Waals surface area contributed by atoms with Gasteiger partial charge in [0.15, 0.2) is 5.82 Å². The number of benzene rings is 1. The molecule has 1 unspecified atom stereocenters. The van der Waals surface area contributed by atoms with Gasteiger partial charge in [-0.25, -0.2) is 4.39 Å². The predicted molar refractivity (Wildman–Crippen MR) is 51.0 cm³/mol. The van der Waals surface area contributed by atoms with Crippen molar-refractivity contribution in [3.05, 3.63) is 34.5 Å². The van der Waals surface area contributed by atoms with Crippen molar-refractivity contribution in [2.45, 2.75) is 19.3 Å². The first-order valence-corrected chi connectivity index (χ1v) is 4.31. The molecule has 0 fully saturated rings. The molecule has 3 nitrogen and oxygen atoms in total. The van der Waals surface area contributed by atoms with Gasteiger partial charge in [-0.1, -0.05) is 13.0 Å². The first-order valence-electron chi connectivity index (χ1n) is 4.31. The van der Waals surface area contributed by atoms with Crippen molar-refractivity contribution in [2.75, 3.05) is 0 Å². The van der Waals surface area contributed by atoms with Crippen LogP contribution in [0.2, 0.25) is 0 Å². The van der Waals surface area contributed by atoms with Crippen molar-refractivity contribution in [1.82, 2.24) is 0 Å². The summed E-state index contributed by atoms with van der Waals surface area (Å²) in [5.74, 6) is -0.997. The van der Waals surface area contributed by atoms with Crippen molar-refractivity contribution in [3.63, 3.8) is 0 Å². The molecular weight excluding hydrogens is 185 g/mol. The van der Waals surface area contributed by atoms with Gasteiger partial charge in [-0.15, -0.1) is 4.91 Å². The minimum atomic E-state index is -0.683. The molecule has 0 saturated carbocycles.